The van der Waals surface area contributed by atoms with Gasteiger partial charge < -0.3 is 4.42 Å². The van der Waals surface area contributed by atoms with Gasteiger partial charge in [-0.3, -0.25) is 0 Å². The highest BCUT2D eigenvalue weighted by molar-refractivity contribution is 6.15. The third kappa shape index (κ3) is 6.86. The van der Waals surface area contributed by atoms with Gasteiger partial charge >= 0.3 is 0 Å². The van der Waals surface area contributed by atoms with E-state index < -0.39 is 0 Å². The van der Waals surface area contributed by atoms with E-state index in [1.807, 2.05) is 54.6 Å². The molecule has 2 unspecified atom stereocenters. The maximum absolute atomic E-state index is 9.40. The Morgan fingerprint density at radius 1 is 0.516 bits per heavy atom. The third-order valence-corrected chi connectivity index (χ3v) is 13.5. The van der Waals surface area contributed by atoms with E-state index in [1.54, 1.807) is 0 Å². The predicted molar refractivity (Wildman–Crippen MR) is 251 cm³/mol. The Morgan fingerprint density at radius 3 is 1.73 bits per heavy atom. The van der Waals surface area contributed by atoms with Crippen LogP contribution in [0.25, 0.3) is 89.5 Å². The van der Waals surface area contributed by atoms with Gasteiger partial charge in [0.2, 0.25) is 0 Å². The van der Waals surface area contributed by atoms with Crippen molar-refractivity contribution in [2.75, 3.05) is 0 Å². The summed E-state index contributed by atoms with van der Waals surface area (Å²) in [5.74, 6) is 4.12. The molecule has 2 fully saturated rings. The molecule has 11 rings (SSSR count). The Hall–Kier alpha value is -7.16. The number of benzene rings is 7. The molecule has 0 spiro atoms. The number of hydrogen-bond acceptors (Lipinski definition) is 5. The molecule has 0 N–H and O–H groups in total. The summed E-state index contributed by atoms with van der Waals surface area (Å²) in [6, 6.07) is 59.0. The van der Waals surface area contributed by atoms with Gasteiger partial charge in [-0.25, -0.2) is 15.0 Å². The first kappa shape index (κ1) is 37.8. The SMILES string of the molecule is C[C@@H]1CC2C[C@H](C)CC(c3ccc(-c4cccc5c4oc4cccc(-c6nc(-c7cccc(-c8ccccc8)c7)nc(-c7cccc(-c8ccc(C#N)cc8)c7)n6)c45)cc3)(C2)C1. The van der Waals surface area contributed by atoms with Gasteiger partial charge in [-0.15, -0.1) is 0 Å². The highest BCUT2D eigenvalue weighted by atomic mass is 16.3. The van der Waals surface area contributed by atoms with Crippen LogP contribution in [0.1, 0.15) is 57.1 Å². The molecule has 62 heavy (non-hydrogen) atoms. The average molecular weight is 803 g/mol. The van der Waals surface area contributed by atoms with Gasteiger partial charge in [-0.1, -0.05) is 147 Å². The van der Waals surface area contributed by atoms with Crippen LogP contribution >= 0.6 is 0 Å². The van der Waals surface area contributed by atoms with Crippen LogP contribution in [0.2, 0.25) is 0 Å². The first-order chi connectivity index (χ1) is 30.4. The number of hydrogen-bond donors (Lipinski definition) is 0. The number of nitrogens with zero attached hydrogens (tertiary/aromatic N) is 4. The van der Waals surface area contributed by atoms with Crippen molar-refractivity contribution in [1.82, 2.24) is 15.0 Å². The molecule has 2 aliphatic carbocycles. The van der Waals surface area contributed by atoms with Gasteiger partial charge in [0.1, 0.15) is 11.2 Å². The summed E-state index contributed by atoms with van der Waals surface area (Å²) >= 11 is 0. The molecule has 0 aliphatic heterocycles. The Bertz CT molecular complexity index is 3140. The van der Waals surface area contributed by atoms with Gasteiger partial charge in [-0.2, -0.15) is 5.26 Å². The minimum absolute atomic E-state index is 0.287. The van der Waals surface area contributed by atoms with E-state index in [0.29, 0.717) is 23.0 Å². The summed E-state index contributed by atoms with van der Waals surface area (Å²) in [6.07, 6.45) is 6.65. The standard InChI is InChI=1S/C57H46N4O/c1-36-28-39-29-37(2)33-57(32-36,34-39)47-26-24-42(25-27-47)48-16-8-17-49-52-50(18-9-19-51(52)62-53(48)49)56-60-54(45-14-6-12-43(30-45)40-10-4-3-5-11-40)59-55(61-56)46-15-7-13-44(31-46)41-22-20-38(35-58)21-23-41/h3-27,30-31,36-37,39H,28-29,32-34H2,1-2H3/t36-,37+,39?,57?. The molecule has 2 aliphatic rings. The Labute approximate surface area is 362 Å². The highest BCUT2D eigenvalue weighted by Crippen LogP contribution is 2.54. The smallest absolute Gasteiger partial charge is 0.164 e. The molecular formula is C57H46N4O. The quantitative estimate of drug-likeness (QED) is 0.160. The normalized spacial score (nSPS) is 19.7. The summed E-state index contributed by atoms with van der Waals surface area (Å²) in [4.78, 5) is 15.6. The Balaban J connectivity index is 1.03. The number of para-hydroxylation sites is 1. The third-order valence-electron chi connectivity index (χ3n) is 13.5. The van der Waals surface area contributed by atoms with Gasteiger partial charge in [0.25, 0.3) is 0 Å². The van der Waals surface area contributed by atoms with E-state index in [-0.39, 0.29) is 5.41 Å². The summed E-state index contributed by atoms with van der Waals surface area (Å²) < 4.78 is 6.82. The van der Waals surface area contributed by atoms with Gasteiger partial charge in [0.15, 0.2) is 17.5 Å². The first-order valence-electron chi connectivity index (χ1n) is 22.0. The summed E-state index contributed by atoms with van der Waals surface area (Å²) in [5.41, 5.74) is 13.2. The van der Waals surface area contributed by atoms with Gasteiger partial charge in [0.05, 0.1) is 11.6 Å². The van der Waals surface area contributed by atoms with E-state index in [4.69, 9.17) is 19.4 Å². The minimum Gasteiger partial charge on any atom is -0.455 e. The fourth-order valence-corrected chi connectivity index (χ4v) is 11.1. The molecule has 2 saturated carbocycles. The van der Waals surface area contributed by atoms with Crippen molar-refractivity contribution in [3.8, 4) is 73.6 Å². The van der Waals surface area contributed by atoms with Crippen LogP contribution in [0.15, 0.2) is 168 Å². The molecule has 9 aromatic rings. The highest BCUT2D eigenvalue weighted by Gasteiger charge is 2.45. The topological polar surface area (TPSA) is 75.6 Å². The van der Waals surface area contributed by atoms with Crippen LogP contribution in [0.5, 0.6) is 0 Å². The summed E-state index contributed by atoms with van der Waals surface area (Å²) in [6.45, 7) is 4.92. The van der Waals surface area contributed by atoms with Crippen molar-refractivity contribution < 1.29 is 4.42 Å². The number of nitriles is 1. The fraction of sp³-hybridized carbons (Fsp3) is 0.193. The van der Waals surface area contributed by atoms with Crippen LogP contribution in [0, 0.1) is 29.1 Å². The van der Waals surface area contributed by atoms with E-state index in [1.165, 1.54) is 37.7 Å². The molecule has 2 heterocycles. The lowest BCUT2D eigenvalue weighted by atomic mass is 9.54. The molecular weight excluding hydrogens is 757 g/mol. The van der Waals surface area contributed by atoms with Crippen LogP contribution < -0.4 is 0 Å². The average Bonchev–Trinajstić information content (AvgIpc) is 3.71. The molecule has 2 aromatic heterocycles. The predicted octanol–water partition coefficient (Wildman–Crippen LogP) is 14.7. The molecule has 5 nitrogen and oxygen atoms in total. The maximum atomic E-state index is 9.40. The second-order valence-corrected chi connectivity index (χ2v) is 18.0. The van der Waals surface area contributed by atoms with E-state index in [9.17, 15) is 5.26 Å². The summed E-state index contributed by atoms with van der Waals surface area (Å²) in [5, 5.41) is 11.4. The van der Waals surface area contributed by atoms with Gasteiger partial charge in [-0.05, 0) is 119 Å². The number of aromatic nitrogens is 3. The molecule has 0 radical (unpaired) electrons. The van der Waals surface area contributed by atoms with E-state index in [2.05, 4.69) is 129 Å². The van der Waals surface area contributed by atoms with E-state index in [0.717, 1.165) is 89.8 Å². The second-order valence-electron chi connectivity index (χ2n) is 18.0. The molecule has 5 heteroatoms. The van der Waals surface area contributed by atoms with Crippen molar-refractivity contribution in [2.45, 2.75) is 51.4 Å². The zero-order valence-corrected chi connectivity index (χ0v) is 35.1. The molecule has 0 amide bonds. The first-order valence-corrected chi connectivity index (χ1v) is 22.0. The Morgan fingerprint density at radius 2 is 1.06 bits per heavy atom. The maximum Gasteiger partial charge on any atom is 0.164 e. The van der Waals surface area contributed by atoms with Crippen LogP contribution in [-0.2, 0) is 5.41 Å². The lowest BCUT2D eigenvalue weighted by Crippen LogP contribution is -2.42. The monoisotopic (exact) mass is 802 g/mol. The molecule has 4 atom stereocenters. The van der Waals surface area contributed by atoms with Crippen molar-refractivity contribution in [3.05, 3.63) is 175 Å². The molecule has 2 bridgehead atoms. The van der Waals surface area contributed by atoms with Crippen molar-refractivity contribution >= 4 is 21.9 Å². The zero-order chi connectivity index (χ0) is 41.8. The van der Waals surface area contributed by atoms with Crippen LogP contribution in [0.3, 0.4) is 0 Å². The Kier molecular flexibility index (Phi) is 9.38. The number of furan rings is 1. The van der Waals surface area contributed by atoms with Gasteiger partial charge in [0, 0.05) is 33.0 Å². The summed E-state index contributed by atoms with van der Waals surface area (Å²) in [7, 11) is 0. The van der Waals surface area contributed by atoms with E-state index >= 15 is 0 Å². The van der Waals surface area contributed by atoms with Crippen LogP contribution in [0.4, 0.5) is 0 Å². The lowest BCUT2D eigenvalue weighted by Gasteiger charge is -2.50. The molecule has 7 aromatic carbocycles. The molecule has 0 saturated heterocycles. The second kappa shape index (κ2) is 15.4. The number of rotatable bonds is 7. The largest absolute Gasteiger partial charge is 0.455 e. The molecule has 300 valence electrons. The minimum atomic E-state index is 0.287. The number of fused-ring (bicyclic) bond motifs is 5. The van der Waals surface area contributed by atoms with Crippen molar-refractivity contribution in [1.29, 1.82) is 5.26 Å². The fourth-order valence-electron chi connectivity index (χ4n) is 11.1. The van der Waals surface area contributed by atoms with Crippen molar-refractivity contribution in [2.24, 2.45) is 17.8 Å². The lowest BCUT2D eigenvalue weighted by molar-refractivity contribution is 0.0780. The van der Waals surface area contributed by atoms with Crippen molar-refractivity contribution in [3.63, 3.8) is 0 Å². The van der Waals surface area contributed by atoms with Crippen LogP contribution in [-0.4, -0.2) is 15.0 Å². The zero-order valence-electron chi connectivity index (χ0n) is 35.1.